The van der Waals surface area contributed by atoms with Gasteiger partial charge in [0.25, 0.3) is 0 Å². The number of sulfonamides is 1. The van der Waals surface area contributed by atoms with E-state index >= 15 is 0 Å². The monoisotopic (exact) mass is 508 g/mol. The van der Waals surface area contributed by atoms with Crippen LogP contribution in [0.4, 0.5) is 4.39 Å². The van der Waals surface area contributed by atoms with E-state index in [4.69, 9.17) is 0 Å². The second-order valence-corrected chi connectivity index (χ2v) is 11.6. The van der Waals surface area contributed by atoms with Crippen molar-refractivity contribution in [2.75, 3.05) is 6.54 Å². The summed E-state index contributed by atoms with van der Waals surface area (Å²) in [5, 5.41) is 0. The highest BCUT2D eigenvalue weighted by Crippen LogP contribution is 2.31. The molecule has 0 atom stereocenters. The molecule has 3 aromatic rings. The van der Waals surface area contributed by atoms with Crippen LogP contribution in [0.5, 0.6) is 0 Å². The van der Waals surface area contributed by atoms with Gasteiger partial charge in [-0.1, -0.05) is 66.2 Å². The van der Waals surface area contributed by atoms with Gasteiger partial charge in [0.1, 0.15) is 5.82 Å². The molecule has 7 heteroatoms. The van der Waals surface area contributed by atoms with Crippen LogP contribution in [0.15, 0.2) is 83.8 Å². The third kappa shape index (κ3) is 6.59. The first-order valence-electron chi connectivity index (χ1n) is 12.4. The molecule has 0 radical (unpaired) electrons. The topological polar surface area (TPSA) is 57.7 Å². The van der Waals surface area contributed by atoms with Crippen molar-refractivity contribution >= 4 is 16.4 Å². The maximum Gasteiger partial charge on any atom is 0.243 e. The molecule has 36 heavy (non-hydrogen) atoms. The van der Waals surface area contributed by atoms with Gasteiger partial charge in [-0.2, -0.15) is 4.31 Å². The van der Waals surface area contributed by atoms with Gasteiger partial charge in [0, 0.05) is 25.7 Å². The summed E-state index contributed by atoms with van der Waals surface area (Å²) in [4.78, 5) is 13.7. The van der Waals surface area contributed by atoms with E-state index in [0.29, 0.717) is 13.1 Å². The lowest BCUT2D eigenvalue weighted by atomic mass is 9.85. The highest BCUT2D eigenvalue weighted by Gasteiger charge is 2.31. The Balaban J connectivity index is 1.44. The van der Waals surface area contributed by atoms with E-state index in [9.17, 15) is 17.6 Å². The second kappa shape index (κ2) is 11.8. The smallest absolute Gasteiger partial charge is 0.243 e. The SMILES string of the molecule is Cc1ccc(CN(C=O)C2CCC(CN(Cc3ccccc3)S(=O)(=O)c3cccc(F)c3)CC2)cc1. The number of halogens is 1. The summed E-state index contributed by atoms with van der Waals surface area (Å²) in [6.45, 7) is 3.21. The van der Waals surface area contributed by atoms with Crippen LogP contribution in [0.25, 0.3) is 0 Å². The molecule has 1 aliphatic rings. The quantitative estimate of drug-likeness (QED) is 0.338. The Hall–Kier alpha value is -3.03. The van der Waals surface area contributed by atoms with Crippen molar-refractivity contribution < 1.29 is 17.6 Å². The zero-order valence-corrected chi connectivity index (χ0v) is 21.4. The normalized spacial score (nSPS) is 18.2. The molecule has 0 spiro atoms. The van der Waals surface area contributed by atoms with Crippen molar-refractivity contribution in [2.24, 2.45) is 5.92 Å². The van der Waals surface area contributed by atoms with E-state index in [-0.39, 0.29) is 23.4 Å². The number of carbonyl (C=O) groups excluding carboxylic acids is 1. The predicted octanol–water partition coefficient (Wildman–Crippen LogP) is 5.54. The summed E-state index contributed by atoms with van der Waals surface area (Å²) < 4.78 is 42.4. The fraction of sp³-hybridized carbons (Fsp3) is 0.345. The van der Waals surface area contributed by atoms with Gasteiger partial charge >= 0.3 is 0 Å². The Kier molecular flexibility index (Phi) is 8.54. The van der Waals surface area contributed by atoms with E-state index in [0.717, 1.165) is 49.3 Å². The Bertz CT molecular complexity index is 1240. The van der Waals surface area contributed by atoms with E-state index in [1.165, 1.54) is 28.1 Å². The predicted molar refractivity (Wildman–Crippen MR) is 139 cm³/mol. The number of aryl methyl sites for hydroxylation is 1. The van der Waals surface area contributed by atoms with Gasteiger partial charge in [-0.15, -0.1) is 0 Å². The lowest BCUT2D eigenvalue weighted by Crippen LogP contribution is -2.40. The lowest BCUT2D eigenvalue weighted by molar-refractivity contribution is -0.121. The first-order chi connectivity index (χ1) is 17.3. The molecular weight excluding hydrogens is 475 g/mol. The molecule has 0 saturated heterocycles. The number of benzene rings is 3. The van der Waals surface area contributed by atoms with Crippen LogP contribution in [-0.4, -0.2) is 36.6 Å². The molecule has 190 valence electrons. The van der Waals surface area contributed by atoms with Crippen molar-refractivity contribution in [3.05, 3.63) is 101 Å². The van der Waals surface area contributed by atoms with Crippen LogP contribution in [0.3, 0.4) is 0 Å². The van der Waals surface area contributed by atoms with Crippen molar-refractivity contribution in [1.82, 2.24) is 9.21 Å². The van der Waals surface area contributed by atoms with Gasteiger partial charge in [-0.25, -0.2) is 12.8 Å². The van der Waals surface area contributed by atoms with Gasteiger partial charge in [0.15, 0.2) is 0 Å². The minimum atomic E-state index is -3.87. The van der Waals surface area contributed by atoms with E-state index < -0.39 is 15.8 Å². The molecule has 5 nitrogen and oxygen atoms in total. The van der Waals surface area contributed by atoms with Gasteiger partial charge in [0.05, 0.1) is 4.90 Å². The highest BCUT2D eigenvalue weighted by molar-refractivity contribution is 7.89. The van der Waals surface area contributed by atoms with Crippen LogP contribution in [0.1, 0.15) is 42.4 Å². The number of amides is 1. The summed E-state index contributed by atoms with van der Waals surface area (Å²) in [6, 6.07) is 23.0. The molecule has 0 heterocycles. The van der Waals surface area contributed by atoms with E-state index in [2.05, 4.69) is 24.3 Å². The zero-order chi connectivity index (χ0) is 25.5. The van der Waals surface area contributed by atoms with E-state index in [1.807, 2.05) is 42.2 Å². The van der Waals surface area contributed by atoms with Crippen molar-refractivity contribution in [3.63, 3.8) is 0 Å². The van der Waals surface area contributed by atoms with Crippen LogP contribution in [0.2, 0.25) is 0 Å². The fourth-order valence-corrected chi connectivity index (χ4v) is 6.45. The van der Waals surface area contributed by atoms with E-state index in [1.54, 1.807) is 0 Å². The fourth-order valence-electron chi connectivity index (χ4n) is 4.92. The number of hydrogen-bond donors (Lipinski definition) is 0. The minimum absolute atomic E-state index is 0.0302. The summed E-state index contributed by atoms with van der Waals surface area (Å²) >= 11 is 0. The van der Waals surface area contributed by atoms with Crippen molar-refractivity contribution in [1.29, 1.82) is 0 Å². The first-order valence-corrected chi connectivity index (χ1v) is 13.9. The Labute approximate surface area is 213 Å². The third-order valence-corrected chi connectivity index (χ3v) is 8.81. The van der Waals surface area contributed by atoms with Crippen LogP contribution in [0, 0.1) is 18.7 Å². The van der Waals surface area contributed by atoms with Crippen LogP contribution < -0.4 is 0 Å². The summed E-state index contributed by atoms with van der Waals surface area (Å²) in [6.07, 6.45) is 4.24. The van der Waals surface area contributed by atoms with Crippen molar-refractivity contribution in [2.45, 2.75) is 56.6 Å². The Morgan fingerprint density at radius 1 is 0.861 bits per heavy atom. The standard InChI is InChI=1S/C29H33FN2O3S/c1-23-10-12-25(13-11-23)19-31(22-33)28-16-14-26(15-17-28)21-32(20-24-6-3-2-4-7-24)36(34,35)29-9-5-8-27(30)18-29/h2-13,18,22,26,28H,14-17,19-21H2,1H3. The molecule has 1 saturated carbocycles. The summed E-state index contributed by atoms with van der Waals surface area (Å²) in [5.41, 5.74) is 3.17. The molecule has 0 aromatic heterocycles. The number of rotatable bonds is 10. The average molecular weight is 509 g/mol. The van der Waals surface area contributed by atoms with Gasteiger partial charge < -0.3 is 4.90 Å². The molecule has 1 fully saturated rings. The highest BCUT2D eigenvalue weighted by atomic mass is 32.2. The zero-order valence-electron chi connectivity index (χ0n) is 20.6. The maximum atomic E-state index is 13.9. The van der Waals surface area contributed by atoms with Gasteiger partial charge in [-0.05, 0) is 67.9 Å². The molecular formula is C29H33FN2O3S. The van der Waals surface area contributed by atoms with Gasteiger partial charge in [-0.3, -0.25) is 4.79 Å². The third-order valence-electron chi connectivity index (χ3n) is 7.00. The number of hydrogen-bond acceptors (Lipinski definition) is 3. The molecule has 3 aromatic carbocycles. The second-order valence-electron chi connectivity index (χ2n) is 9.68. The minimum Gasteiger partial charge on any atom is -0.338 e. The van der Waals surface area contributed by atoms with Gasteiger partial charge in [0.2, 0.25) is 16.4 Å². The Morgan fingerprint density at radius 2 is 1.53 bits per heavy atom. The molecule has 1 aliphatic carbocycles. The molecule has 1 amide bonds. The number of nitrogens with zero attached hydrogens (tertiary/aromatic N) is 2. The summed E-state index contributed by atoms with van der Waals surface area (Å²) in [5.74, 6) is -0.403. The van der Waals surface area contributed by atoms with Crippen molar-refractivity contribution in [3.8, 4) is 0 Å². The lowest BCUT2D eigenvalue weighted by Gasteiger charge is -2.36. The summed E-state index contributed by atoms with van der Waals surface area (Å²) in [7, 11) is -3.87. The van der Waals surface area contributed by atoms with Crippen LogP contribution in [-0.2, 0) is 27.9 Å². The number of carbonyl (C=O) groups is 1. The Morgan fingerprint density at radius 3 is 2.17 bits per heavy atom. The molecule has 0 N–H and O–H groups in total. The molecule has 0 aliphatic heterocycles. The first kappa shape index (κ1) is 26.0. The molecule has 0 bridgehead atoms. The van der Waals surface area contributed by atoms with Crippen LogP contribution >= 0.6 is 0 Å². The molecule has 4 rings (SSSR count). The maximum absolute atomic E-state index is 13.9. The molecule has 0 unspecified atom stereocenters. The average Bonchev–Trinajstić information content (AvgIpc) is 2.89. The largest absolute Gasteiger partial charge is 0.338 e.